The van der Waals surface area contributed by atoms with E-state index in [1.165, 1.54) is 0 Å². The lowest BCUT2D eigenvalue weighted by Gasteiger charge is -2.24. The Bertz CT molecular complexity index is 206. The van der Waals surface area contributed by atoms with E-state index in [0.717, 1.165) is 31.8 Å². The van der Waals surface area contributed by atoms with Gasteiger partial charge in [-0.15, -0.1) is 0 Å². The second-order valence-corrected chi connectivity index (χ2v) is 3.78. The largest absolute Gasteiger partial charge is 0.497 e. The van der Waals surface area contributed by atoms with Gasteiger partial charge in [0.1, 0.15) is 5.76 Å². The average molecular weight is 229 g/mol. The summed E-state index contributed by atoms with van der Waals surface area (Å²) >= 11 is 0. The fraction of sp³-hybridized carbons (Fsp3) is 0.833. The van der Waals surface area contributed by atoms with Gasteiger partial charge >= 0.3 is 0 Å². The number of likely N-dealkylation sites (N-methyl/N-ethyl adjacent to an activating group) is 1. The zero-order valence-corrected chi connectivity index (χ0v) is 10.3. The molecule has 16 heavy (non-hydrogen) atoms. The van der Waals surface area contributed by atoms with Crippen LogP contribution in [0.2, 0.25) is 0 Å². The third-order valence-electron chi connectivity index (χ3n) is 2.47. The number of ether oxygens (including phenoxy) is 3. The fourth-order valence-corrected chi connectivity index (χ4v) is 1.65. The van der Waals surface area contributed by atoms with Crippen LogP contribution in [0.15, 0.2) is 11.8 Å². The van der Waals surface area contributed by atoms with E-state index < -0.39 is 0 Å². The number of allylic oxidation sites excluding steroid dienone is 1. The van der Waals surface area contributed by atoms with E-state index in [-0.39, 0.29) is 6.04 Å². The highest BCUT2D eigenvalue weighted by molar-refractivity contribution is 5.05. The number of hydrogen-bond acceptors (Lipinski definition) is 4. The van der Waals surface area contributed by atoms with Crippen molar-refractivity contribution in [1.29, 1.82) is 0 Å². The van der Waals surface area contributed by atoms with Crippen molar-refractivity contribution in [2.24, 2.45) is 0 Å². The number of nitrogens with one attached hydrogen (secondary N) is 1. The minimum atomic E-state index is 0.183. The zero-order chi connectivity index (χ0) is 11.6. The van der Waals surface area contributed by atoms with Crippen LogP contribution in [0.1, 0.15) is 19.8 Å². The quantitative estimate of drug-likeness (QED) is 0.637. The van der Waals surface area contributed by atoms with Gasteiger partial charge in [-0.05, 0) is 25.5 Å². The van der Waals surface area contributed by atoms with Crippen molar-refractivity contribution >= 4 is 0 Å². The van der Waals surface area contributed by atoms with E-state index in [4.69, 9.17) is 14.2 Å². The lowest BCUT2D eigenvalue weighted by Crippen LogP contribution is -2.37. The molecule has 1 N–H and O–H groups in total. The normalized spacial score (nSPS) is 17.8. The molecule has 94 valence electrons. The molecule has 4 heteroatoms. The topological polar surface area (TPSA) is 39.7 Å². The van der Waals surface area contributed by atoms with Gasteiger partial charge in [-0.25, -0.2) is 0 Å². The summed E-state index contributed by atoms with van der Waals surface area (Å²) in [7, 11) is 1.68. The van der Waals surface area contributed by atoms with Crippen LogP contribution in [0, 0.1) is 0 Å². The van der Waals surface area contributed by atoms with Crippen LogP contribution in [-0.2, 0) is 14.2 Å². The Morgan fingerprint density at radius 3 is 3.00 bits per heavy atom. The van der Waals surface area contributed by atoms with Crippen LogP contribution in [-0.4, -0.2) is 46.1 Å². The first-order valence-electron chi connectivity index (χ1n) is 6.01. The molecule has 0 fully saturated rings. The fourth-order valence-electron chi connectivity index (χ4n) is 1.65. The van der Waals surface area contributed by atoms with Crippen molar-refractivity contribution in [1.82, 2.24) is 5.32 Å². The molecule has 1 aliphatic rings. The molecular weight excluding hydrogens is 206 g/mol. The molecule has 0 aromatic rings. The Morgan fingerprint density at radius 1 is 1.50 bits per heavy atom. The molecule has 0 radical (unpaired) electrons. The second-order valence-electron chi connectivity index (χ2n) is 3.78. The molecule has 0 saturated carbocycles. The zero-order valence-electron chi connectivity index (χ0n) is 10.3. The first kappa shape index (κ1) is 13.5. The summed E-state index contributed by atoms with van der Waals surface area (Å²) in [5.74, 6) is 1.03. The molecule has 0 bridgehead atoms. The van der Waals surface area contributed by atoms with Crippen LogP contribution < -0.4 is 5.32 Å². The molecule has 1 aliphatic heterocycles. The summed E-state index contributed by atoms with van der Waals surface area (Å²) in [5, 5.41) is 3.37. The monoisotopic (exact) mass is 229 g/mol. The van der Waals surface area contributed by atoms with Crippen LogP contribution in [0.3, 0.4) is 0 Å². The summed E-state index contributed by atoms with van der Waals surface area (Å²) in [6.45, 7) is 5.74. The van der Waals surface area contributed by atoms with Gasteiger partial charge < -0.3 is 19.5 Å². The Morgan fingerprint density at radius 2 is 2.38 bits per heavy atom. The lowest BCUT2D eigenvalue weighted by molar-refractivity contribution is 0.0506. The Balaban J connectivity index is 2.31. The molecule has 4 nitrogen and oxygen atoms in total. The molecule has 0 saturated heterocycles. The minimum absolute atomic E-state index is 0.183. The minimum Gasteiger partial charge on any atom is -0.497 e. The first-order valence-corrected chi connectivity index (χ1v) is 6.01. The Hall–Kier alpha value is -0.580. The second kappa shape index (κ2) is 8.56. The van der Waals surface area contributed by atoms with E-state index in [2.05, 4.69) is 18.3 Å². The Labute approximate surface area is 97.9 Å². The highest BCUT2D eigenvalue weighted by atomic mass is 16.5. The van der Waals surface area contributed by atoms with Crippen LogP contribution >= 0.6 is 0 Å². The van der Waals surface area contributed by atoms with Gasteiger partial charge in [0.2, 0.25) is 0 Å². The number of hydrogen-bond donors (Lipinski definition) is 1. The maximum Gasteiger partial charge on any atom is 0.111 e. The molecule has 0 amide bonds. The molecule has 1 rings (SSSR count). The van der Waals surface area contributed by atoms with Crippen molar-refractivity contribution in [3.8, 4) is 0 Å². The summed E-state index contributed by atoms with van der Waals surface area (Å²) in [6.07, 6.45) is 4.39. The molecule has 0 aliphatic carbocycles. The van der Waals surface area contributed by atoms with Crippen LogP contribution in [0.5, 0.6) is 0 Å². The van der Waals surface area contributed by atoms with E-state index in [1.807, 2.05) is 0 Å². The molecule has 0 aromatic heterocycles. The van der Waals surface area contributed by atoms with Crippen molar-refractivity contribution in [3.63, 3.8) is 0 Å². The predicted molar refractivity (Wildman–Crippen MR) is 63.4 cm³/mol. The molecule has 1 unspecified atom stereocenters. The van der Waals surface area contributed by atoms with Crippen molar-refractivity contribution in [2.45, 2.75) is 25.8 Å². The molecule has 0 spiro atoms. The summed E-state index contributed by atoms with van der Waals surface area (Å²) < 4.78 is 16.1. The molecule has 0 aromatic carbocycles. The third-order valence-corrected chi connectivity index (χ3v) is 2.47. The van der Waals surface area contributed by atoms with Gasteiger partial charge in [-0.3, -0.25) is 0 Å². The van der Waals surface area contributed by atoms with Crippen molar-refractivity contribution in [3.05, 3.63) is 11.8 Å². The molecular formula is C12H23NO3. The molecule has 1 heterocycles. The van der Waals surface area contributed by atoms with Crippen LogP contribution in [0.4, 0.5) is 0 Å². The van der Waals surface area contributed by atoms with Gasteiger partial charge in [-0.1, -0.05) is 6.92 Å². The summed E-state index contributed by atoms with van der Waals surface area (Å²) in [4.78, 5) is 0. The average Bonchev–Trinajstić information content (AvgIpc) is 2.34. The number of methoxy groups -OCH3 is 1. The third kappa shape index (κ3) is 4.96. The highest BCUT2D eigenvalue weighted by Gasteiger charge is 2.16. The van der Waals surface area contributed by atoms with Crippen LogP contribution in [0.25, 0.3) is 0 Å². The SMILES string of the molecule is CCNC(COCCOC)C1=CCCCO1. The van der Waals surface area contributed by atoms with Gasteiger partial charge in [0.25, 0.3) is 0 Å². The van der Waals surface area contributed by atoms with Crippen molar-refractivity contribution in [2.75, 3.05) is 40.1 Å². The van der Waals surface area contributed by atoms with E-state index >= 15 is 0 Å². The highest BCUT2D eigenvalue weighted by Crippen LogP contribution is 2.14. The van der Waals surface area contributed by atoms with E-state index in [1.54, 1.807) is 7.11 Å². The standard InChI is InChI=1S/C12H23NO3/c1-3-13-11(10-15-9-8-14-2)12-6-4-5-7-16-12/h6,11,13H,3-5,7-10H2,1-2H3. The van der Waals surface area contributed by atoms with Crippen molar-refractivity contribution < 1.29 is 14.2 Å². The lowest BCUT2D eigenvalue weighted by atomic mass is 10.1. The summed E-state index contributed by atoms with van der Waals surface area (Å²) in [5.41, 5.74) is 0. The summed E-state index contributed by atoms with van der Waals surface area (Å²) in [6, 6.07) is 0.183. The maximum atomic E-state index is 5.64. The predicted octanol–water partition coefficient (Wildman–Crippen LogP) is 1.32. The van der Waals surface area contributed by atoms with Gasteiger partial charge in [0, 0.05) is 7.11 Å². The van der Waals surface area contributed by atoms with E-state index in [0.29, 0.717) is 19.8 Å². The van der Waals surface area contributed by atoms with Gasteiger partial charge in [-0.2, -0.15) is 0 Å². The smallest absolute Gasteiger partial charge is 0.111 e. The van der Waals surface area contributed by atoms with Gasteiger partial charge in [0.15, 0.2) is 0 Å². The molecule has 1 atom stereocenters. The number of rotatable bonds is 8. The Kier molecular flexibility index (Phi) is 7.21. The maximum absolute atomic E-state index is 5.64. The van der Waals surface area contributed by atoms with E-state index in [9.17, 15) is 0 Å². The van der Waals surface area contributed by atoms with Gasteiger partial charge in [0.05, 0.1) is 32.5 Å². The first-order chi connectivity index (χ1) is 7.88.